The van der Waals surface area contributed by atoms with Crippen LogP contribution in [0, 0.1) is 0 Å². The molecule has 90 valence electrons. The summed E-state index contributed by atoms with van der Waals surface area (Å²) in [5, 5.41) is 2.78. The van der Waals surface area contributed by atoms with Gasteiger partial charge in [0.1, 0.15) is 0 Å². The average molecular weight is 241 g/mol. The van der Waals surface area contributed by atoms with Crippen molar-refractivity contribution in [2.75, 3.05) is 5.32 Å². The van der Waals surface area contributed by atoms with E-state index in [9.17, 15) is 4.79 Å². The van der Waals surface area contributed by atoms with Gasteiger partial charge in [-0.25, -0.2) is 0 Å². The van der Waals surface area contributed by atoms with Gasteiger partial charge in [-0.2, -0.15) is 0 Å². The number of nitrogens with one attached hydrogen (secondary N) is 1. The van der Waals surface area contributed by atoms with Gasteiger partial charge in [0.15, 0.2) is 0 Å². The van der Waals surface area contributed by atoms with Crippen molar-refractivity contribution in [1.82, 2.24) is 0 Å². The third kappa shape index (κ3) is 4.05. The Morgan fingerprint density at radius 2 is 1.61 bits per heavy atom. The molecule has 0 saturated carbocycles. The second-order valence-corrected chi connectivity index (χ2v) is 3.45. The van der Waals surface area contributed by atoms with E-state index in [1.165, 1.54) is 0 Å². The summed E-state index contributed by atoms with van der Waals surface area (Å²) in [5.41, 5.74) is 1.96. The summed E-state index contributed by atoms with van der Waals surface area (Å²) < 4.78 is 0. The van der Waals surface area contributed by atoms with E-state index in [1.807, 2.05) is 18.2 Å². The third-order valence-electron chi connectivity index (χ3n) is 2.18. The Labute approximate surface area is 107 Å². The molecule has 4 nitrogen and oxygen atoms in total. The van der Waals surface area contributed by atoms with Crippen LogP contribution in [0.1, 0.15) is 10.4 Å². The van der Waals surface area contributed by atoms with Crippen molar-refractivity contribution in [3.8, 4) is 0 Å². The Morgan fingerprint density at radius 1 is 0.944 bits per heavy atom. The Kier molecular flexibility index (Phi) is 6.42. The minimum Gasteiger partial charge on any atom is -0.870 e. The second kappa shape index (κ2) is 7.27. The smallest absolute Gasteiger partial charge is 0.870 e. The van der Waals surface area contributed by atoms with E-state index in [2.05, 4.69) is 5.32 Å². The molecule has 2 aromatic carbocycles. The van der Waals surface area contributed by atoms with Crippen LogP contribution in [0.3, 0.4) is 0 Å². The number of carbonyl (C=O) groups excluding carboxylic acids is 1. The summed E-state index contributed by atoms with van der Waals surface area (Å²) in [6.07, 6.45) is 0. The summed E-state index contributed by atoms with van der Waals surface area (Å²) in [6.45, 7) is 0. The number of benzene rings is 2. The van der Waals surface area contributed by atoms with Crippen molar-refractivity contribution >= 4 is 24.9 Å². The number of rotatable bonds is 2. The number of hydrogen-bond acceptors (Lipinski definition) is 3. The predicted octanol–water partition coefficient (Wildman–Crippen LogP) is 1.38. The van der Waals surface area contributed by atoms with Crippen LogP contribution in [0.2, 0.25) is 0 Å². The number of anilines is 1. The molecule has 5 heteroatoms. The van der Waals surface area contributed by atoms with Crippen molar-refractivity contribution in [1.29, 1.82) is 0 Å². The molecule has 0 heterocycles. The number of carbonyl (C=O) groups is 1. The molecule has 0 aliphatic carbocycles. The summed E-state index contributed by atoms with van der Waals surface area (Å²) in [5.74, 6) is -0.133. The fourth-order valence-corrected chi connectivity index (χ4v) is 1.41. The molecule has 0 unspecified atom stereocenters. The standard InChI is InChI=1S/C13H10BNO.2H2O/c14-11-7-4-8-12(9-11)15-13(16)10-5-2-1-3-6-10;;/h1-9H,(H,15,16);2*1H2/q+2;;/p-2. The third-order valence-corrected chi connectivity index (χ3v) is 2.18. The van der Waals surface area contributed by atoms with Gasteiger partial charge in [-0.1, -0.05) is 0 Å². The number of amides is 1. The zero-order chi connectivity index (χ0) is 11.4. The Balaban J connectivity index is 0.00000144. The Morgan fingerprint density at radius 3 is 2.22 bits per heavy atom. The molecular weight excluding hydrogens is 229 g/mol. The van der Waals surface area contributed by atoms with Crippen molar-refractivity contribution in [3.63, 3.8) is 0 Å². The van der Waals surface area contributed by atoms with Crippen LogP contribution in [0.15, 0.2) is 54.6 Å². The van der Waals surface area contributed by atoms with Crippen LogP contribution >= 0.6 is 0 Å². The first kappa shape index (κ1) is 15.9. The van der Waals surface area contributed by atoms with E-state index in [4.69, 9.17) is 7.85 Å². The average Bonchev–Trinajstić information content (AvgIpc) is 2.30. The van der Waals surface area contributed by atoms with Gasteiger partial charge in [0.25, 0.3) is 0 Å². The number of hydrogen-bond donors (Lipinski definition) is 1. The molecule has 18 heavy (non-hydrogen) atoms. The maximum absolute atomic E-state index is 11.8. The van der Waals surface area contributed by atoms with Crippen molar-refractivity contribution in [2.24, 2.45) is 0 Å². The van der Waals surface area contributed by atoms with Gasteiger partial charge in [-0.15, -0.1) is 0 Å². The van der Waals surface area contributed by atoms with E-state index < -0.39 is 0 Å². The monoisotopic (exact) mass is 241 g/mol. The Hall–Kier alpha value is -2.11. The molecule has 0 atom stereocenters. The zero-order valence-corrected chi connectivity index (χ0v) is 9.58. The van der Waals surface area contributed by atoms with Gasteiger partial charge in [0, 0.05) is 0 Å². The minimum atomic E-state index is -0.133. The molecular formula is C13H12BNO3. The van der Waals surface area contributed by atoms with Crippen molar-refractivity contribution < 1.29 is 15.7 Å². The largest absolute Gasteiger partial charge is 0.870 e. The topological polar surface area (TPSA) is 89.1 Å². The summed E-state index contributed by atoms with van der Waals surface area (Å²) in [4.78, 5) is 11.8. The normalized spacial score (nSPS) is 8.78. The molecule has 0 fully saturated rings. The molecule has 0 aliphatic heterocycles. The van der Waals surface area contributed by atoms with Crippen LogP contribution in [0.5, 0.6) is 0 Å². The first-order valence-corrected chi connectivity index (χ1v) is 4.97. The van der Waals surface area contributed by atoms with Gasteiger partial charge in [-0.3, -0.25) is 0 Å². The molecule has 2 rings (SSSR count). The SMILES string of the molecule is [B+2]c1cccc(NC(=O)c2ccccc2)c1.[OH-].[OH-]. The predicted molar refractivity (Wildman–Crippen MR) is 70.1 cm³/mol. The van der Waals surface area contributed by atoms with E-state index in [0.29, 0.717) is 16.7 Å². The van der Waals surface area contributed by atoms with E-state index >= 15 is 0 Å². The first-order chi connectivity index (χ1) is 7.75. The van der Waals surface area contributed by atoms with Gasteiger partial charge in [0.2, 0.25) is 0 Å². The zero-order valence-electron chi connectivity index (χ0n) is 9.58. The van der Waals surface area contributed by atoms with Crippen LogP contribution in [0.4, 0.5) is 5.69 Å². The molecule has 2 aromatic rings. The molecule has 0 aromatic heterocycles. The van der Waals surface area contributed by atoms with Crippen molar-refractivity contribution in [3.05, 3.63) is 60.2 Å². The maximum atomic E-state index is 11.8. The summed E-state index contributed by atoms with van der Waals surface area (Å²) in [7, 11) is 5.62. The van der Waals surface area contributed by atoms with Crippen LogP contribution in [-0.4, -0.2) is 24.7 Å². The van der Waals surface area contributed by atoms with E-state index in [-0.39, 0.29) is 16.9 Å². The van der Waals surface area contributed by atoms with Crippen LogP contribution < -0.4 is 10.8 Å². The fourth-order valence-electron chi connectivity index (χ4n) is 1.41. The second-order valence-electron chi connectivity index (χ2n) is 3.45. The molecule has 3 N–H and O–H groups in total. The van der Waals surface area contributed by atoms with Crippen LogP contribution in [-0.2, 0) is 0 Å². The van der Waals surface area contributed by atoms with Gasteiger partial charge in [0.05, 0.1) is 0 Å². The molecule has 0 aliphatic rings. The van der Waals surface area contributed by atoms with Crippen molar-refractivity contribution in [2.45, 2.75) is 0 Å². The van der Waals surface area contributed by atoms with Gasteiger partial charge >= 0.3 is 95.2 Å². The van der Waals surface area contributed by atoms with E-state index in [1.54, 1.807) is 36.4 Å². The van der Waals surface area contributed by atoms with Crippen LogP contribution in [0.25, 0.3) is 0 Å². The minimum absolute atomic E-state index is 0. The summed E-state index contributed by atoms with van der Waals surface area (Å²) in [6, 6.07) is 16.2. The molecule has 0 spiro atoms. The molecule has 0 saturated heterocycles. The molecule has 1 amide bonds. The summed E-state index contributed by atoms with van der Waals surface area (Å²) >= 11 is 0. The Bertz CT molecular complexity index is 503. The van der Waals surface area contributed by atoms with Gasteiger partial charge < -0.3 is 11.0 Å². The fraction of sp³-hybridized carbons (Fsp3) is 0. The first-order valence-electron chi connectivity index (χ1n) is 4.97. The van der Waals surface area contributed by atoms with E-state index in [0.717, 1.165) is 0 Å². The maximum Gasteiger partial charge on any atom is -0.870 e. The van der Waals surface area contributed by atoms with Gasteiger partial charge in [-0.05, 0) is 0 Å². The molecule has 0 bridgehead atoms. The molecule has 0 radical (unpaired) electrons. The quantitative estimate of drug-likeness (QED) is 0.805.